The van der Waals surface area contributed by atoms with Gasteiger partial charge >= 0.3 is 0 Å². The molecule has 2 heterocycles. The second-order valence-electron chi connectivity index (χ2n) is 7.16. The molecule has 0 radical (unpaired) electrons. The molecule has 1 aliphatic rings. The molecule has 154 valence electrons. The van der Waals surface area contributed by atoms with Gasteiger partial charge in [0.15, 0.2) is 0 Å². The number of aromatic nitrogens is 2. The average Bonchev–Trinajstić information content (AvgIpc) is 2.77. The van der Waals surface area contributed by atoms with E-state index < -0.39 is 5.82 Å². The quantitative estimate of drug-likeness (QED) is 0.599. The van der Waals surface area contributed by atoms with Gasteiger partial charge in [0.2, 0.25) is 11.8 Å². The molecule has 3 aromatic rings. The third-order valence-corrected chi connectivity index (χ3v) is 5.90. The van der Waals surface area contributed by atoms with E-state index >= 15 is 0 Å². The first-order valence-corrected chi connectivity index (χ1v) is 10.8. The molecular formula is C23H18FN5OS. The van der Waals surface area contributed by atoms with Crippen molar-refractivity contribution in [2.24, 2.45) is 0 Å². The van der Waals surface area contributed by atoms with Crippen LogP contribution in [-0.4, -0.2) is 15.7 Å². The largest absolute Gasteiger partial charge is 0.438 e. The van der Waals surface area contributed by atoms with Crippen LogP contribution in [0.2, 0.25) is 0 Å². The molecule has 31 heavy (non-hydrogen) atoms. The predicted molar refractivity (Wildman–Crippen MR) is 117 cm³/mol. The number of nitrogens with zero attached hydrogens (tertiary/aromatic N) is 4. The molecule has 0 unspecified atom stereocenters. The second-order valence-corrected chi connectivity index (χ2v) is 8.27. The Bertz CT molecular complexity index is 1240. The van der Waals surface area contributed by atoms with Crippen LogP contribution in [0.5, 0.6) is 11.6 Å². The van der Waals surface area contributed by atoms with Crippen LogP contribution in [0.25, 0.3) is 0 Å². The van der Waals surface area contributed by atoms with Gasteiger partial charge < -0.3 is 10.1 Å². The highest BCUT2D eigenvalue weighted by atomic mass is 32.2. The number of thioether (sulfide) groups is 1. The molecule has 0 fully saturated rings. The predicted octanol–water partition coefficient (Wildman–Crippen LogP) is 5.30. The Morgan fingerprint density at radius 2 is 1.81 bits per heavy atom. The summed E-state index contributed by atoms with van der Waals surface area (Å²) in [5.74, 6) is 2.40. The molecule has 0 amide bonds. The molecule has 1 aromatic heterocycles. The minimum absolute atomic E-state index is 0.181. The summed E-state index contributed by atoms with van der Waals surface area (Å²) in [7, 11) is 0. The van der Waals surface area contributed by atoms with Crippen molar-refractivity contribution in [3.05, 3.63) is 69.7 Å². The van der Waals surface area contributed by atoms with E-state index in [-0.39, 0.29) is 17.2 Å². The third kappa shape index (κ3) is 4.30. The first-order valence-electron chi connectivity index (χ1n) is 9.62. The summed E-state index contributed by atoms with van der Waals surface area (Å²) in [6.07, 6.45) is 0.759. The molecule has 1 N–H and O–H groups in total. The Balaban J connectivity index is 1.73. The van der Waals surface area contributed by atoms with Crippen LogP contribution in [0.15, 0.2) is 30.3 Å². The fraction of sp³-hybridized carbons (Fsp3) is 0.217. The van der Waals surface area contributed by atoms with Gasteiger partial charge in [-0.2, -0.15) is 27.3 Å². The number of ether oxygens (including phenoxy) is 1. The number of fused-ring (bicyclic) bond motifs is 1. The highest BCUT2D eigenvalue weighted by Gasteiger charge is 2.21. The number of nitriles is 2. The molecule has 0 saturated carbocycles. The normalized spacial score (nSPS) is 12.4. The average molecular weight is 431 g/mol. The molecule has 4 rings (SSSR count). The second kappa shape index (κ2) is 8.63. The van der Waals surface area contributed by atoms with E-state index in [0.29, 0.717) is 17.2 Å². The number of anilines is 2. The van der Waals surface area contributed by atoms with E-state index in [4.69, 9.17) is 10.00 Å². The Hall–Kier alpha value is -3.62. The van der Waals surface area contributed by atoms with Crippen molar-refractivity contribution in [2.45, 2.75) is 26.0 Å². The molecule has 8 heteroatoms. The Labute approximate surface area is 183 Å². The summed E-state index contributed by atoms with van der Waals surface area (Å²) < 4.78 is 20.6. The number of rotatable bonds is 4. The van der Waals surface area contributed by atoms with Crippen molar-refractivity contribution in [3.8, 4) is 23.8 Å². The van der Waals surface area contributed by atoms with Gasteiger partial charge in [-0.1, -0.05) is 0 Å². The maximum atomic E-state index is 14.4. The highest BCUT2D eigenvalue weighted by Crippen LogP contribution is 2.36. The van der Waals surface area contributed by atoms with Crippen molar-refractivity contribution in [2.75, 3.05) is 11.1 Å². The minimum Gasteiger partial charge on any atom is -0.438 e. The van der Waals surface area contributed by atoms with Crippen LogP contribution in [0.3, 0.4) is 0 Å². The molecular weight excluding hydrogens is 413 g/mol. The molecule has 0 aliphatic carbocycles. The summed E-state index contributed by atoms with van der Waals surface area (Å²) in [4.78, 5) is 9.11. The monoisotopic (exact) mass is 431 g/mol. The fourth-order valence-corrected chi connectivity index (χ4v) is 4.40. The zero-order valence-corrected chi connectivity index (χ0v) is 17.8. The number of nitrogens with one attached hydrogen (secondary N) is 1. The van der Waals surface area contributed by atoms with Crippen molar-refractivity contribution < 1.29 is 9.13 Å². The van der Waals surface area contributed by atoms with Crippen LogP contribution >= 0.6 is 11.8 Å². The van der Waals surface area contributed by atoms with Gasteiger partial charge in [-0.3, -0.25) is 0 Å². The van der Waals surface area contributed by atoms with E-state index in [1.165, 1.54) is 12.1 Å². The molecule has 0 spiro atoms. The number of hydrogen-bond donors (Lipinski definition) is 1. The summed E-state index contributed by atoms with van der Waals surface area (Å²) in [5, 5.41) is 21.0. The van der Waals surface area contributed by atoms with Gasteiger partial charge in [-0.25, -0.2) is 9.37 Å². The van der Waals surface area contributed by atoms with Crippen LogP contribution in [-0.2, 0) is 12.2 Å². The van der Waals surface area contributed by atoms with Crippen LogP contribution in [0.4, 0.5) is 16.0 Å². The number of aryl methyl sites for hydroxylation is 3. The lowest BCUT2D eigenvalue weighted by molar-refractivity contribution is 0.449. The molecule has 1 aliphatic heterocycles. The van der Waals surface area contributed by atoms with E-state index in [1.807, 2.05) is 19.9 Å². The Morgan fingerprint density at radius 3 is 2.48 bits per heavy atom. The minimum atomic E-state index is -0.558. The summed E-state index contributed by atoms with van der Waals surface area (Å²) in [5.41, 5.74) is 4.44. The fourth-order valence-electron chi connectivity index (χ4n) is 3.42. The topological polar surface area (TPSA) is 94.6 Å². The Morgan fingerprint density at radius 1 is 1.06 bits per heavy atom. The van der Waals surface area contributed by atoms with E-state index in [1.54, 1.807) is 23.9 Å². The maximum absolute atomic E-state index is 14.4. The van der Waals surface area contributed by atoms with E-state index in [9.17, 15) is 9.65 Å². The molecule has 0 bridgehead atoms. The van der Waals surface area contributed by atoms with Gasteiger partial charge in [0.25, 0.3) is 0 Å². The van der Waals surface area contributed by atoms with Crippen LogP contribution in [0, 0.1) is 42.3 Å². The lowest BCUT2D eigenvalue weighted by atomic mass is 10.1. The van der Waals surface area contributed by atoms with Crippen LogP contribution in [0.1, 0.15) is 33.5 Å². The van der Waals surface area contributed by atoms with E-state index in [2.05, 4.69) is 21.4 Å². The lowest BCUT2D eigenvalue weighted by Gasteiger charge is -2.20. The molecule has 0 saturated heterocycles. The first kappa shape index (κ1) is 20.6. The van der Waals surface area contributed by atoms with Crippen molar-refractivity contribution in [3.63, 3.8) is 0 Å². The molecule has 6 nitrogen and oxygen atoms in total. The van der Waals surface area contributed by atoms with Crippen molar-refractivity contribution in [1.82, 2.24) is 9.97 Å². The summed E-state index contributed by atoms with van der Waals surface area (Å²) in [6.45, 7) is 3.77. The molecule has 0 atom stereocenters. The maximum Gasteiger partial charge on any atom is 0.230 e. The standard InChI is InChI=1S/C23H18FN5OS/c1-13-7-16(11-26)8-14(2)21(13)30-22-17-12-31-6-5-19(17)27-23(29-22)28-20-4-3-15(10-25)9-18(20)24/h3-4,7-9H,5-6,12H2,1-2H3,(H,27,28,29). The first-order chi connectivity index (χ1) is 15.0. The van der Waals surface area contributed by atoms with Gasteiger partial charge in [0.05, 0.1) is 34.6 Å². The van der Waals surface area contributed by atoms with Gasteiger partial charge in [-0.15, -0.1) is 0 Å². The number of benzene rings is 2. The van der Waals surface area contributed by atoms with Gasteiger partial charge in [0.1, 0.15) is 11.6 Å². The van der Waals surface area contributed by atoms with Gasteiger partial charge in [-0.05, 0) is 67.5 Å². The zero-order valence-electron chi connectivity index (χ0n) is 17.0. The highest BCUT2D eigenvalue weighted by molar-refractivity contribution is 7.98. The van der Waals surface area contributed by atoms with Crippen molar-refractivity contribution >= 4 is 23.4 Å². The van der Waals surface area contributed by atoms with Gasteiger partial charge in [0, 0.05) is 11.3 Å². The third-order valence-electron chi connectivity index (χ3n) is 4.92. The Kier molecular flexibility index (Phi) is 5.75. The lowest BCUT2D eigenvalue weighted by Crippen LogP contribution is -2.12. The van der Waals surface area contributed by atoms with Crippen LogP contribution < -0.4 is 10.1 Å². The SMILES string of the molecule is Cc1cc(C#N)cc(C)c1Oc1nc(Nc2ccc(C#N)cc2F)nc2c1CSCC2. The number of halogens is 1. The zero-order chi connectivity index (χ0) is 22.0. The smallest absolute Gasteiger partial charge is 0.230 e. The summed E-state index contributed by atoms with van der Waals surface area (Å²) in [6, 6.07) is 11.8. The molecule has 2 aromatic carbocycles. The number of hydrogen-bond acceptors (Lipinski definition) is 7. The van der Waals surface area contributed by atoms with E-state index in [0.717, 1.165) is 46.4 Å². The summed E-state index contributed by atoms with van der Waals surface area (Å²) >= 11 is 1.78. The van der Waals surface area contributed by atoms with Crippen molar-refractivity contribution in [1.29, 1.82) is 10.5 Å².